The van der Waals surface area contributed by atoms with Gasteiger partial charge in [0, 0.05) is 82.4 Å². The predicted molar refractivity (Wildman–Crippen MR) is 141 cm³/mol. The molecule has 3 aliphatic heterocycles. The molecule has 186 valence electrons. The monoisotopic (exact) mass is 483 g/mol. The van der Waals surface area contributed by atoms with Crippen LogP contribution in [0, 0.1) is 11.3 Å². The summed E-state index contributed by atoms with van der Waals surface area (Å²) in [7, 11) is 0. The molecular formula is C28H33N7O. The fourth-order valence-electron chi connectivity index (χ4n) is 5.86. The Bertz CT molecular complexity index is 1280. The van der Waals surface area contributed by atoms with Crippen molar-refractivity contribution < 1.29 is 4.74 Å². The Balaban J connectivity index is 1.15. The summed E-state index contributed by atoms with van der Waals surface area (Å²) in [4.78, 5) is 16.6. The Hall–Kier alpha value is -3.25. The van der Waals surface area contributed by atoms with Gasteiger partial charge in [-0.3, -0.25) is 9.88 Å². The smallest absolute Gasteiger partial charge is 0.128 e. The summed E-state index contributed by atoms with van der Waals surface area (Å²) < 4.78 is 6.40. The maximum atomic E-state index is 9.52. The highest BCUT2D eigenvalue weighted by Crippen LogP contribution is 2.31. The maximum absolute atomic E-state index is 9.52. The van der Waals surface area contributed by atoms with E-state index >= 15 is 0 Å². The van der Waals surface area contributed by atoms with E-state index in [4.69, 9.17) is 9.72 Å². The zero-order valence-corrected chi connectivity index (χ0v) is 20.9. The van der Waals surface area contributed by atoms with Crippen LogP contribution in [0.1, 0.15) is 23.6 Å². The van der Waals surface area contributed by atoms with Crippen LogP contribution < -0.4 is 15.1 Å². The van der Waals surface area contributed by atoms with E-state index < -0.39 is 0 Å². The highest BCUT2D eigenvalue weighted by atomic mass is 16.5. The summed E-state index contributed by atoms with van der Waals surface area (Å²) >= 11 is 0. The predicted octanol–water partition coefficient (Wildman–Crippen LogP) is 2.56. The molecule has 3 aromatic rings. The molecule has 1 aromatic carbocycles. The molecule has 6 rings (SSSR count). The van der Waals surface area contributed by atoms with Gasteiger partial charge in [0.05, 0.1) is 23.3 Å². The van der Waals surface area contributed by atoms with Crippen LogP contribution in [0.15, 0.2) is 42.7 Å². The number of nitrogens with zero attached hydrogens (tertiary/aromatic N) is 6. The lowest BCUT2D eigenvalue weighted by atomic mass is 10.0. The van der Waals surface area contributed by atoms with E-state index in [1.807, 2.05) is 12.1 Å². The van der Waals surface area contributed by atoms with E-state index in [2.05, 4.69) is 62.4 Å². The van der Waals surface area contributed by atoms with Crippen LogP contribution in [0.4, 0.5) is 11.5 Å². The Kier molecular flexibility index (Phi) is 6.45. The normalized spacial score (nSPS) is 22.9. The first-order chi connectivity index (χ1) is 17.7. The van der Waals surface area contributed by atoms with Gasteiger partial charge in [-0.15, -0.1) is 0 Å². The summed E-state index contributed by atoms with van der Waals surface area (Å²) in [5.41, 5.74) is 5.29. The number of aromatic nitrogens is 2. The van der Waals surface area contributed by atoms with Crippen molar-refractivity contribution in [3.8, 4) is 6.07 Å². The topological polar surface area (TPSA) is 80.6 Å². The fourth-order valence-corrected chi connectivity index (χ4v) is 5.86. The first-order valence-corrected chi connectivity index (χ1v) is 13.0. The Morgan fingerprint density at radius 2 is 1.97 bits per heavy atom. The second-order valence-corrected chi connectivity index (χ2v) is 10.2. The first-order valence-electron chi connectivity index (χ1n) is 13.0. The molecule has 0 spiro atoms. The number of ether oxygens (including phenoxy) is 1. The maximum Gasteiger partial charge on any atom is 0.128 e. The summed E-state index contributed by atoms with van der Waals surface area (Å²) in [6, 6.07) is 12.6. The molecule has 0 unspecified atom stereocenters. The number of benzene rings is 1. The number of pyridine rings is 2. The summed E-state index contributed by atoms with van der Waals surface area (Å²) in [5.74, 6) is 1.12. The van der Waals surface area contributed by atoms with Crippen molar-refractivity contribution in [3.63, 3.8) is 0 Å². The van der Waals surface area contributed by atoms with Gasteiger partial charge in [0.2, 0.25) is 0 Å². The number of hydrogen-bond acceptors (Lipinski definition) is 8. The van der Waals surface area contributed by atoms with Crippen LogP contribution in [0.2, 0.25) is 0 Å². The lowest BCUT2D eigenvalue weighted by Crippen LogP contribution is -2.51. The molecule has 2 aromatic heterocycles. The van der Waals surface area contributed by atoms with E-state index in [9.17, 15) is 5.26 Å². The van der Waals surface area contributed by atoms with Crippen molar-refractivity contribution in [1.29, 1.82) is 5.26 Å². The molecule has 0 bridgehead atoms. The van der Waals surface area contributed by atoms with Gasteiger partial charge in [-0.05, 0) is 54.8 Å². The van der Waals surface area contributed by atoms with Crippen LogP contribution in [-0.2, 0) is 17.7 Å². The van der Waals surface area contributed by atoms with Crippen molar-refractivity contribution in [2.24, 2.45) is 0 Å². The lowest BCUT2D eigenvalue weighted by Gasteiger charge is -2.41. The van der Waals surface area contributed by atoms with Crippen molar-refractivity contribution in [2.45, 2.75) is 32.1 Å². The second kappa shape index (κ2) is 10.0. The highest BCUT2D eigenvalue weighted by Gasteiger charge is 2.29. The molecule has 8 heteroatoms. The van der Waals surface area contributed by atoms with Crippen molar-refractivity contribution in [1.82, 2.24) is 20.2 Å². The van der Waals surface area contributed by atoms with Gasteiger partial charge in [-0.25, -0.2) is 4.98 Å². The molecule has 0 saturated carbocycles. The number of fused-ring (bicyclic) bond motifs is 2. The summed E-state index contributed by atoms with van der Waals surface area (Å²) in [6.45, 7) is 10.8. The number of hydrogen-bond donors (Lipinski definition) is 1. The second-order valence-electron chi connectivity index (χ2n) is 10.2. The van der Waals surface area contributed by atoms with E-state index in [1.54, 1.807) is 6.20 Å². The van der Waals surface area contributed by atoms with Gasteiger partial charge in [-0.2, -0.15) is 5.26 Å². The fraction of sp³-hybridized carbons (Fsp3) is 0.464. The number of nitrogens with one attached hydrogen (secondary N) is 1. The number of nitriles is 1. The number of morpholine rings is 1. The third-order valence-corrected chi connectivity index (χ3v) is 7.60. The minimum absolute atomic E-state index is 0.116. The summed E-state index contributed by atoms with van der Waals surface area (Å²) in [5, 5.41) is 14.0. The van der Waals surface area contributed by atoms with E-state index in [0.717, 1.165) is 87.7 Å². The van der Waals surface area contributed by atoms with Crippen LogP contribution in [0.25, 0.3) is 10.9 Å². The van der Waals surface area contributed by atoms with Crippen LogP contribution in [0.3, 0.4) is 0 Å². The molecule has 1 N–H and O–H groups in total. The molecule has 36 heavy (non-hydrogen) atoms. The summed E-state index contributed by atoms with van der Waals surface area (Å²) in [6.07, 6.45) is 5.14. The van der Waals surface area contributed by atoms with Crippen molar-refractivity contribution in [2.75, 3.05) is 62.2 Å². The zero-order chi connectivity index (χ0) is 24.5. The SMILES string of the molecule is C[C@@H]1CN(c2ccc(C#N)c3ncccc23)C[C@H](CN2CCc3cc(N4CCNCC4)ncc3C2)O1. The van der Waals surface area contributed by atoms with Crippen LogP contribution in [-0.4, -0.2) is 79.4 Å². The first kappa shape index (κ1) is 23.2. The Morgan fingerprint density at radius 1 is 1.08 bits per heavy atom. The number of piperazine rings is 1. The van der Waals surface area contributed by atoms with Crippen molar-refractivity contribution >= 4 is 22.4 Å². The minimum atomic E-state index is 0.116. The average Bonchev–Trinajstić information content (AvgIpc) is 2.92. The molecule has 8 nitrogen and oxygen atoms in total. The molecule has 0 aliphatic carbocycles. The van der Waals surface area contributed by atoms with E-state index in [0.29, 0.717) is 5.56 Å². The molecule has 5 heterocycles. The van der Waals surface area contributed by atoms with E-state index in [1.165, 1.54) is 11.1 Å². The quantitative estimate of drug-likeness (QED) is 0.607. The van der Waals surface area contributed by atoms with Gasteiger partial charge in [0.25, 0.3) is 0 Å². The van der Waals surface area contributed by atoms with Gasteiger partial charge >= 0.3 is 0 Å². The molecule has 0 amide bonds. The molecule has 3 aliphatic rings. The number of rotatable bonds is 4. The third-order valence-electron chi connectivity index (χ3n) is 7.60. The molecular weight excluding hydrogens is 450 g/mol. The highest BCUT2D eigenvalue weighted by molar-refractivity contribution is 5.95. The van der Waals surface area contributed by atoms with Crippen LogP contribution >= 0.6 is 0 Å². The minimum Gasteiger partial charge on any atom is -0.370 e. The van der Waals surface area contributed by atoms with Gasteiger partial charge in [0.1, 0.15) is 11.9 Å². The molecule has 2 fully saturated rings. The van der Waals surface area contributed by atoms with Gasteiger partial charge in [0.15, 0.2) is 0 Å². The Morgan fingerprint density at radius 3 is 2.83 bits per heavy atom. The standard InChI is InChI=1S/C28H33N7O/c1-20-16-35(26-5-4-22(14-29)28-25(26)3-2-7-31-28)19-24(36-20)18-33-10-6-21-13-27(32-15-23(21)17-33)34-11-8-30-9-12-34/h2-5,7,13,15,20,24,30H,6,8-12,16-19H2,1H3/t20-,24+/m1/s1. The molecule has 0 radical (unpaired) electrons. The number of anilines is 2. The van der Waals surface area contributed by atoms with Crippen molar-refractivity contribution in [3.05, 3.63) is 59.4 Å². The molecule has 2 saturated heterocycles. The van der Waals surface area contributed by atoms with Gasteiger partial charge in [-0.1, -0.05) is 0 Å². The zero-order valence-electron chi connectivity index (χ0n) is 20.9. The Labute approximate surface area is 212 Å². The average molecular weight is 484 g/mol. The van der Waals surface area contributed by atoms with Gasteiger partial charge < -0.3 is 19.9 Å². The third kappa shape index (κ3) is 4.62. The lowest BCUT2D eigenvalue weighted by molar-refractivity contribution is -0.0339. The van der Waals surface area contributed by atoms with Crippen LogP contribution in [0.5, 0.6) is 0 Å². The largest absolute Gasteiger partial charge is 0.370 e. The molecule has 2 atom stereocenters. The van der Waals surface area contributed by atoms with E-state index in [-0.39, 0.29) is 12.2 Å².